The van der Waals surface area contributed by atoms with Crippen LogP contribution < -0.4 is 10.6 Å². The minimum atomic E-state index is -0.364. The van der Waals surface area contributed by atoms with Gasteiger partial charge in [-0.05, 0) is 59.6 Å². The second-order valence-corrected chi connectivity index (χ2v) is 5.23. The molecule has 0 aliphatic carbocycles. The number of hydrogen-bond acceptors (Lipinski definition) is 3. The summed E-state index contributed by atoms with van der Waals surface area (Å²) in [5, 5.41) is 5.46. The van der Waals surface area contributed by atoms with Crippen molar-refractivity contribution >= 4 is 33.4 Å². The highest BCUT2D eigenvalue weighted by Crippen LogP contribution is 2.20. The average Bonchev–Trinajstić information content (AvgIpc) is 2.88. The van der Waals surface area contributed by atoms with Crippen LogP contribution in [0, 0.1) is 6.92 Å². The molecule has 0 unspecified atom stereocenters. The molecule has 0 radical (unpaired) electrons. The molecular formula is C15H15BrN2O3. The largest absolute Gasteiger partial charge is 0.444 e. The summed E-state index contributed by atoms with van der Waals surface area (Å²) in [5.74, 6) is -0.338. The Bertz CT molecular complexity index is 679. The van der Waals surface area contributed by atoms with Crippen LogP contribution in [0.25, 0.3) is 0 Å². The third-order valence-electron chi connectivity index (χ3n) is 2.88. The zero-order valence-corrected chi connectivity index (χ0v) is 13.3. The first-order valence-electron chi connectivity index (χ1n) is 6.46. The molecule has 0 aliphatic heterocycles. The summed E-state index contributed by atoms with van der Waals surface area (Å²) in [6, 6.07) is 8.38. The molecule has 6 heteroatoms. The van der Waals surface area contributed by atoms with Crippen molar-refractivity contribution in [3.8, 4) is 0 Å². The Morgan fingerprint density at radius 3 is 2.57 bits per heavy atom. The number of furan rings is 1. The lowest BCUT2D eigenvalue weighted by Gasteiger charge is -2.09. The van der Waals surface area contributed by atoms with Gasteiger partial charge in [-0.25, -0.2) is 0 Å². The molecule has 2 aromatic rings. The lowest BCUT2D eigenvalue weighted by molar-refractivity contribution is 0.0953. The summed E-state index contributed by atoms with van der Waals surface area (Å²) in [5.41, 5.74) is 1.94. The molecule has 0 atom stereocenters. The number of anilines is 1. The van der Waals surface area contributed by atoms with Gasteiger partial charge in [0.25, 0.3) is 11.8 Å². The number of rotatable bonds is 4. The van der Waals surface area contributed by atoms with Crippen molar-refractivity contribution in [3.05, 3.63) is 51.9 Å². The Labute approximate surface area is 130 Å². The number of carbonyl (C=O) groups is 2. The van der Waals surface area contributed by atoms with Crippen LogP contribution in [0.5, 0.6) is 0 Å². The van der Waals surface area contributed by atoms with E-state index in [0.29, 0.717) is 22.5 Å². The minimum Gasteiger partial charge on any atom is -0.444 e. The summed E-state index contributed by atoms with van der Waals surface area (Å²) < 4.78 is 5.69. The fraction of sp³-hybridized carbons (Fsp3) is 0.200. The van der Waals surface area contributed by atoms with Crippen LogP contribution in [0.3, 0.4) is 0 Å². The number of benzene rings is 1. The monoisotopic (exact) mass is 350 g/mol. The molecule has 0 bridgehead atoms. The van der Waals surface area contributed by atoms with Crippen molar-refractivity contribution in [2.75, 3.05) is 11.9 Å². The topological polar surface area (TPSA) is 71.3 Å². The van der Waals surface area contributed by atoms with Gasteiger partial charge in [-0.3, -0.25) is 9.59 Å². The smallest absolute Gasteiger partial charge is 0.291 e. The maximum atomic E-state index is 12.1. The van der Waals surface area contributed by atoms with E-state index in [0.717, 1.165) is 5.56 Å². The van der Waals surface area contributed by atoms with Gasteiger partial charge in [0.15, 0.2) is 10.4 Å². The molecule has 2 rings (SSSR count). The zero-order valence-electron chi connectivity index (χ0n) is 11.7. The first-order chi connectivity index (χ1) is 10.0. The van der Waals surface area contributed by atoms with Gasteiger partial charge in [-0.1, -0.05) is 6.07 Å². The van der Waals surface area contributed by atoms with Gasteiger partial charge in [0.2, 0.25) is 0 Å². The third kappa shape index (κ3) is 3.72. The molecule has 1 heterocycles. The second kappa shape index (κ2) is 6.58. The van der Waals surface area contributed by atoms with Crippen molar-refractivity contribution in [2.45, 2.75) is 13.8 Å². The third-order valence-corrected chi connectivity index (χ3v) is 3.31. The van der Waals surface area contributed by atoms with Gasteiger partial charge in [-0.15, -0.1) is 0 Å². The maximum absolute atomic E-state index is 12.1. The molecule has 1 aromatic heterocycles. The van der Waals surface area contributed by atoms with Gasteiger partial charge < -0.3 is 15.1 Å². The van der Waals surface area contributed by atoms with E-state index < -0.39 is 0 Å². The highest BCUT2D eigenvalue weighted by molar-refractivity contribution is 9.10. The quantitative estimate of drug-likeness (QED) is 0.887. The number of amides is 2. The van der Waals surface area contributed by atoms with Crippen molar-refractivity contribution in [1.29, 1.82) is 0 Å². The molecule has 0 spiro atoms. The predicted octanol–water partition coefficient (Wildman–Crippen LogP) is 3.35. The van der Waals surface area contributed by atoms with Crippen LogP contribution in [0.15, 0.2) is 39.4 Å². The molecule has 5 nitrogen and oxygen atoms in total. The molecule has 1 aromatic carbocycles. The van der Waals surface area contributed by atoms with Crippen LogP contribution in [0.2, 0.25) is 0 Å². The van der Waals surface area contributed by atoms with E-state index in [4.69, 9.17) is 4.42 Å². The van der Waals surface area contributed by atoms with Crippen molar-refractivity contribution in [3.63, 3.8) is 0 Å². The Kier molecular flexibility index (Phi) is 4.80. The first kappa shape index (κ1) is 15.3. The summed E-state index contributed by atoms with van der Waals surface area (Å²) in [6.45, 7) is 4.26. The van der Waals surface area contributed by atoms with E-state index in [1.165, 1.54) is 0 Å². The van der Waals surface area contributed by atoms with Gasteiger partial charge >= 0.3 is 0 Å². The lowest BCUT2D eigenvalue weighted by Crippen LogP contribution is -2.23. The van der Waals surface area contributed by atoms with E-state index in [2.05, 4.69) is 26.6 Å². The minimum absolute atomic E-state index is 0.172. The van der Waals surface area contributed by atoms with E-state index in [9.17, 15) is 9.59 Å². The standard InChI is InChI=1S/C15H15BrN2O3/c1-3-17-14(19)10-5-4-9(2)11(8-10)18-15(20)12-6-7-13(16)21-12/h4-8H,3H2,1-2H3,(H,17,19)(H,18,20). The number of halogens is 1. The van der Waals surface area contributed by atoms with Crippen LogP contribution >= 0.6 is 15.9 Å². The summed E-state index contributed by atoms with van der Waals surface area (Å²) in [6.07, 6.45) is 0. The molecule has 2 amide bonds. The second-order valence-electron chi connectivity index (χ2n) is 4.45. The maximum Gasteiger partial charge on any atom is 0.291 e. The van der Waals surface area contributed by atoms with Crippen LogP contribution in [0.1, 0.15) is 33.4 Å². The van der Waals surface area contributed by atoms with Gasteiger partial charge in [0, 0.05) is 17.8 Å². The molecule has 0 saturated carbocycles. The molecule has 0 saturated heterocycles. The van der Waals surface area contributed by atoms with E-state index in [1.54, 1.807) is 30.3 Å². The Morgan fingerprint density at radius 2 is 1.95 bits per heavy atom. The molecule has 0 fully saturated rings. The molecular weight excluding hydrogens is 336 g/mol. The molecule has 21 heavy (non-hydrogen) atoms. The first-order valence-corrected chi connectivity index (χ1v) is 7.26. The Morgan fingerprint density at radius 1 is 1.19 bits per heavy atom. The van der Waals surface area contributed by atoms with Gasteiger partial charge in [0.05, 0.1) is 0 Å². The van der Waals surface area contributed by atoms with Crippen LogP contribution in [-0.4, -0.2) is 18.4 Å². The highest BCUT2D eigenvalue weighted by Gasteiger charge is 2.13. The molecule has 2 N–H and O–H groups in total. The predicted molar refractivity (Wildman–Crippen MR) is 83.5 cm³/mol. The van der Waals surface area contributed by atoms with E-state index in [-0.39, 0.29) is 17.6 Å². The van der Waals surface area contributed by atoms with E-state index >= 15 is 0 Å². The number of nitrogens with one attached hydrogen (secondary N) is 2. The fourth-order valence-corrected chi connectivity index (χ4v) is 2.09. The number of hydrogen-bond donors (Lipinski definition) is 2. The zero-order chi connectivity index (χ0) is 15.4. The van der Waals surface area contributed by atoms with Gasteiger partial charge in [0.1, 0.15) is 0 Å². The molecule has 0 aliphatic rings. The highest BCUT2D eigenvalue weighted by atomic mass is 79.9. The van der Waals surface area contributed by atoms with Crippen molar-refractivity contribution in [1.82, 2.24) is 5.32 Å². The summed E-state index contributed by atoms with van der Waals surface area (Å²) >= 11 is 3.15. The number of carbonyl (C=O) groups excluding carboxylic acids is 2. The normalized spacial score (nSPS) is 10.2. The molecule has 110 valence electrons. The van der Waals surface area contributed by atoms with Crippen molar-refractivity contribution < 1.29 is 14.0 Å². The SMILES string of the molecule is CCNC(=O)c1ccc(C)c(NC(=O)c2ccc(Br)o2)c1. The summed E-state index contributed by atoms with van der Waals surface area (Å²) in [7, 11) is 0. The van der Waals surface area contributed by atoms with Crippen molar-refractivity contribution in [2.24, 2.45) is 0 Å². The van der Waals surface area contributed by atoms with E-state index in [1.807, 2.05) is 13.8 Å². The summed E-state index contributed by atoms with van der Waals surface area (Å²) in [4.78, 5) is 23.9. The Balaban J connectivity index is 2.21. The van der Waals surface area contributed by atoms with Crippen LogP contribution in [0.4, 0.5) is 5.69 Å². The van der Waals surface area contributed by atoms with Gasteiger partial charge in [-0.2, -0.15) is 0 Å². The number of aryl methyl sites for hydroxylation is 1. The van der Waals surface area contributed by atoms with Crippen LogP contribution in [-0.2, 0) is 0 Å². The Hall–Kier alpha value is -2.08. The lowest BCUT2D eigenvalue weighted by atomic mass is 10.1. The average molecular weight is 351 g/mol. The fourth-order valence-electron chi connectivity index (χ4n) is 1.78.